The highest BCUT2D eigenvalue weighted by molar-refractivity contribution is 7.20. The summed E-state index contributed by atoms with van der Waals surface area (Å²) in [6, 6.07) is 6.52. The Bertz CT molecular complexity index is 734. The fourth-order valence-electron chi connectivity index (χ4n) is 2.68. The van der Waals surface area contributed by atoms with Crippen LogP contribution < -0.4 is 10.6 Å². The van der Waals surface area contributed by atoms with Gasteiger partial charge in [0, 0.05) is 34.8 Å². The zero-order chi connectivity index (χ0) is 15.7. The van der Waals surface area contributed by atoms with E-state index < -0.39 is 4.92 Å². The number of nitrogens with zero attached hydrogens (tertiary/aromatic N) is 1. The molecule has 1 aliphatic rings. The normalized spacial score (nSPS) is 20.7. The summed E-state index contributed by atoms with van der Waals surface area (Å²) < 4.78 is 0.880. The summed E-state index contributed by atoms with van der Waals surface area (Å²) in [5.74, 6) is 0.338. The second-order valence-corrected chi connectivity index (χ2v) is 6.72. The van der Waals surface area contributed by atoms with Gasteiger partial charge in [-0.25, -0.2) is 0 Å². The van der Waals surface area contributed by atoms with Gasteiger partial charge in [0.25, 0.3) is 11.6 Å². The molecule has 2 heterocycles. The molecule has 1 aromatic heterocycles. The molecule has 3 rings (SSSR count). The van der Waals surface area contributed by atoms with Crippen LogP contribution in [0, 0.1) is 16.0 Å². The van der Waals surface area contributed by atoms with Crippen molar-refractivity contribution in [2.45, 2.75) is 19.4 Å². The van der Waals surface area contributed by atoms with Crippen LogP contribution in [0.15, 0.2) is 24.3 Å². The molecule has 0 bridgehead atoms. The first-order valence-electron chi connectivity index (χ1n) is 7.24. The predicted octanol–water partition coefficient (Wildman–Crippen LogP) is 2.96. The van der Waals surface area contributed by atoms with E-state index in [1.165, 1.54) is 23.5 Å². The Kier molecular flexibility index (Phi) is 5.56. The summed E-state index contributed by atoms with van der Waals surface area (Å²) in [5, 5.41) is 17.9. The lowest BCUT2D eigenvalue weighted by Gasteiger charge is -2.30. The van der Waals surface area contributed by atoms with Crippen LogP contribution in [-0.4, -0.2) is 30.0 Å². The number of carbonyl (C=O) groups excluding carboxylic acids is 1. The Morgan fingerprint density at radius 2 is 2.22 bits per heavy atom. The summed E-state index contributed by atoms with van der Waals surface area (Å²) in [7, 11) is 0. The van der Waals surface area contributed by atoms with Crippen molar-refractivity contribution in [1.82, 2.24) is 10.6 Å². The summed E-state index contributed by atoms with van der Waals surface area (Å²) in [5.41, 5.74) is 0.0439. The molecule has 0 spiro atoms. The molecule has 2 unspecified atom stereocenters. The van der Waals surface area contributed by atoms with Crippen LogP contribution in [0.2, 0.25) is 0 Å². The second-order valence-electron chi connectivity index (χ2n) is 5.64. The van der Waals surface area contributed by atoms with Gasteiger partial charge in [-0.15, -0.1) is 23.7 Å². The van der Waals surface area contributed by atoms with Crippen molar-refractivity contribution in [1.29, 1.82) is 0 Å². The first-order chi connectivity index (χ1) is 10.5. The molecule has 2 N–H and O–H groups in total. The van der Waals surface area contributed by atoms with Crippen molar-refractivity contribution >= 4 is 45.4 Å². The van der Waals surface area contributed by atoms with Crippen LogP contribution in [0.1, 0.15) is 23.0 Å². The number of nitrogens with one attached hydrogen (secondary N) is 2. The second kappa shape index (κ2) is 7.25. The molecule has 0 aliphatic carbocycles. The molecular formula is C15H18ClN3O3S. The monoisotopic (exact) mass is 355 g/mol. The Morgan fingerprint density at radius 3 is 2.91 bits per heavy atom. The number of fused-ring (bicyclic) bond motifs is 1. The van der Waals surface area contributed by atoms with Crippen LogP contribution in [0.4, 0.5) is 5.69 Å². The third-order valence-corrected chi connectivity index (χ3v) is 5.19. The Morgan fingerprint density at radius 1 is 1.43 bits per heavy atom. The number of hydrogen-bond donors (Lipinski definition) is 2. The van der Waals surface area contributed by atoms with Crippen molar-refractivity contribution in [2.24, 2.45) is 5.92 Å². The third kappa shape index (κ3) is 3.80. The molecule has 1 amide bonds. The first kappa shape index (κ1) is 17.7. The highest BCUT2D eigenvalue weighted by atomic mass is 35.5. The fourth-order valence-corrected chi connectivity index (χ4v) is 3.62. The summed E-state index contributed by atoms with van der Waals surface area (Å²) >= 11 is 1.36. The molecule has 1 fully saturated rings. The molecule has 6 nitrogen and oxygen atoms in total. The van der Waals surface area contributed by atoms with Gasteiger partial charge in [-0.05, 0) is 31.0 Å². The first-order valence-corrected chi connectivity index (χ1v) is 8.06. The van der Waals surface area contributed by atoms with Gasteiger partial charge in [0.05, 0.1) is 9.80 Å². The van der Waals surface area contributed by atoms with Crippen molar-refractivity contribution in [2.75, 3.05) is 13.1 Å². The van der Waals surface area contributed by atoms with Gasteiger partial charge in [0.2, 0.25) is 0 Å². The van der Waals surface area contributed by atoms with Crippen LogP contribution in [0.3, 0.4) is 0 Å². The molecule has 2 atom stereocenters. The molecule has 23 heavy (non-hydrogen) atoms. The number of nitro benzene ring substituents is 1. The number of benzene rings is 1. The maximum absolute atomic E-state index is 12.4. The number of halogens is 1. The zero-order valence-electron chi connectivity index (χ0n) is 12.6. The number of carbonyl (C=O) groups is 1. The van der Waals surface area contributed by atoms with Gasteiger partial charge < -0.3 is 10.6 Å². The number of non-ortho nitro benzene ring substituents is 1. The van der Waals surface area contributed by atoms with Gasteiger partial charge in [-0.2, -0.15) is 0 Å². The zero-order valence-corrected chi connectivity index (χ0v) is 14.2. The minimum Gasteiger partial charge on any atom is -0.347 e. The number of amides is 1. The number of nitro groups is 1. The lowest BCUT2D eigenvalue weighted by Crippen LogP contribution is -2.50. The van der Waals surface area contributed by atoms with E-state index in [0.717, 1.165) is 29.6 Å². The standard InChI is InChI=1S/C15H17N3O3S.ClH/c1-9-4-5-16-8-12(9)17-15(19)14-7-10-6-11(18(20)21)2-3-13(10)22-14;/h2-3,6-7,9,12,16H,4-5,8H2,1H3,(H,17,19);1H. The molecule has 0 radical (unpaired) electrons. The Balaban J connectivity index is 0.00000192. The molecule has 1 saturated heterocycles. The van der Waals surface area contributed by atoms with E-state index in [1.54, 1.807) is 12.1 Å². The third-order valence-electron chi connectivity index (χ3n) is 4.08. The molecule has 1 aromatic carbocycles. The summed E-state index contributed by atoms with van der Waals surface area (Å²) in [6.45, 7) is 3.91. The quantitative estimate of drug-likeness (QED) is 0.654. The van der Waals surface area contributed by atoms with Crippen molar-refractivity contribution in [3.8, 4) is 0 Å². The average molecular weight is 356 g/mol. The van der Waals surface area contributed by atoms with E-state index in [9.17, 15) is 14.9 Å². The number of hydrogen-bond acceptors (Lipinski definition) is 5. The van der Waals surface area contributed by atoms with E-state index >= 15 is 0 Å². The minimum atomic E-state index is -0.424. The van der Waals surface area contributed by atoms with Crippen molar-refractivity contribution in [3.05, 3.63) is 39.3 Å². The molecule has 8 heteroatoms. The molecule has 2 aromatic rings. The Labute approximate surface area is 143 Å². The van der Waals surface area contributed by atoms with Crippen LogP contribution in [0.5, 0.6) is 0 Å². The van der Waals surface area contributed by atoms with Gasteiger partial charge in [-0.3, -0.25) is 14.9 Å². The van der Waals surface area contributed by atoms with E-state index in [-0.39, 0.29) is 30.0 Å². The van der Waals surface area contributed by atoms with E-state index in [2.05, 4.69) is 17.6 Å². The van der Waals surface area contributed by atoms with Gasteiger partial charge in [0.15, 0.2) is 0 Å². The van der Waals surface area contributed by atoms with Gasteiger partial charge in [-0.1, -0.05) is 6.92 Å². The number of piperidine rings is 1. The van der Waals surface area contributed by atoms with E-state index in [0.29, 0.717) is 10.8 Å². The fraction of sp³-hybridized carbons (Fsp3) is 0.400. The number of thiophene rings is 1. The topological polar surface area (TPSA) is 84.3 Å². The van der Waals surface area contributed by atoms with E-state index in [4.69, 9.17) is 0 Å². The average Bonchev–Trinajstić information content (AvgIpc) is 2.92. The van der Waals surface area contributed by atoms with Gasteiger partial charge >= 0.3 is 0 Å². The molecular weight excluding hydrogens is 338 g/mol. The largest absolute Gasteiger partial charge is 0.347 e. The minimum absolute atomic E-state index is 0. The summed E-state index contributed by atoms with van der Waals surface area (Å²) in [4.78, 5) is 23.4. The van der Waals surface area contributed by atoms with Crippen molar-refractivity contribution < 1.29 is 9.72 Å². The maximum atomic E-state index is 12.4. The van der Waals surface area contributed by atoms with Gasteiger partial charge in [0.1, 0.15) is 0 Å². The highest BCUT2D eigenvalue weighted by Crippen LogP contribution is 2.29. The Hall–Kier alpha value is -1.70. The van der Waals surface area contributed by atoms with Crippen LogP contribution in [0.25, 0.3) is 10.1 Å². The highest BCUT2D eigenvalue weighted by Gasteiger charge is 2.23. The molecule has 0 saturated carbocycles. The number of rotatable bonds is 3. The maximum Gasteiger partial charge on any atom is 0.270 e. The van der Waals surface area contributed by atoms with Crippen LogP contribution >= 0.6 is 23.7 Å². The smallest absolute Gasteiger partial charge is 0.270 e. The SMILES string of the molecule is CC1CCNCC1NC(=O)c1cc2cc([N+](=O)[O-])ccc2s1.Cl. The summed E-state index contributed by atoms with van der Waals surface area (Å²) in [6.07, 6.45) is 1.05. The molecule has 124 valence electrons. The lowest BCUT2D eigenvalue weighted by atomic mass is 9.95. The van der Waals surface area contributed by atoms with E-state index in [1.807, 2.05) is 0 Å². The van der Waals surface area contributed by atoms with Crippen LogP contribution in [-0.2, 0) is 0 Å². The van der Waals surface area contributed by atoms with Crippen molar-refractivity contribution in [3.63, 3.8) is 0 Å². The molecule has 1 aliphatic heterocycles. The predicted molar refractivity (Wildman–Crippen MR) is 93.6 cm³/mol. The lowest BCUT2D eigenvalue weighted by molar-refractivity contribution is -0.384.